The predicted molar refractivity (Wildman–Crippen MR) is 84.9 cm³/mol. The molecule has 1 amide bonds. The van der Waals surface area contributed by atoms with Gasteiger partial charge in [0.05, 0.1) is 5.56 Å². The van der Waals surface area contributed by atoms with Crippen molar-refractivity contribution in [1.29, 1.82) is 0 Å². The summed E-state index contributed by atoms with van der Waals surface area (Å²) in [5.74, 6) is 0.137. The van der Waals surface area contributed by atoms with Gasteiger partial charge < -0.3 is 16.4 Å². The summed E-state index contributed by atoms with van der Waals surface area (Å²) in [6.07, 6.45) is 1.67. The second-order valence-corrected chi connectivity index (χ2v) is 5.20. The summed E-state index contributed by atoms with van der Waals surface area (Å²) in [7, 11) is 0. The van der Waals surface area contributed by atoms with Crippen LogP contribution in [0.15, 0.2) is 42.6 Å². The van der Waals surface area contributed by atoms with Crippen LogP contribution in [0, 0.1) is 0 Å². The number of nitrogens with two attached hydrogens (primary N) is 2. The van der Waals surface area contributed by atoms with Crippen molar-refractivity contribution in [2.24, 2.45) is 5.73 Å². The van der Waals surface area contributed by atoms with Gasteiger partial charge in [0, 0.05) is 24.5 Å². The smallest absolute Gasteiger partial charge is 0.252 e. The van der Waals surface area contributed by atoms with Gasteiger partial charge in [-0.3, -0.25) is 4.79 Å². The molecule has 0 spiro atoms. The Morgan fingerprint density at radius 3 is 2.48 bits per heavy atom. The first kappa shape index (κ1) is 14.8. The standard InChI is InChI=1S/C16H20N4O/c1-11(2)20(10-12-5-7-13(17)8-6-12)16-14(15(18)21)4-3-9-19-16/h3-9,11H,10,17H2,1-2H3,(H2,18,21). The zero-order valence-electron chi connectivity index (χ0n) is 12.3. The number of benzene rings is 1. The fourth-order valence-electron chi connectivity index (χ4n) is 2.14. The predicted octanol–water partition coefficient (Wildman–Crippen LogP) is 2.18. The third-order valence-electron chi connectivity index (χ3n) is 3.28. The number of nitrogen functional groups attached to an aromatic ring is 1. The van der Waals surface area contributed by atoms with Gasteiger partial charge in [-0.15, -0.1) is 0 Å². The van der Waals surface area contributed by atoms with E-state index >= 15 is 0 Å². The average Bonchev–Trinajstić information content (AvgIpc) is 2.46. The highest BCUT2D eigenvalue weighted by atomic mass is 16.1. The number of hydrogen-bond donors (Lipinski definition) is 2. The van der Waals surface area contributed by atoms with Gasteiger partial charge in [0.1, 0.15) is 5.82 Å². The van der Waals surface area contributed by atoms with Crippen molar-refractivity contribution in [3.05, 3.63) is 53.7 Å². The van der Waals surface area contributed by atoms with E-state index in [4.69, 9.17) is 11.5 Å². The highest BCUT2D eigenvalue weighted by molar-refractivity contribution is 5.97. The van der Waals surface area contributed by atoms with Crippen LogP contribution in [0.1, 0.15) is 29.8 Å². The zero-order valence-corrected chi connectivity index (χ0v) is 12.3. The van der Waals surface area contributed by atoms with E-state index in [1.807, 2.05) is 29.2 Å². The first-order valence-corrected chi connectivity index (χ1v) is 6.85. The van der Waals surface area contributed by atoms with Crippen LogP contribution < -0.4 is 16.4 Å². The summed E-state index contributed by atoms with van der Waals surface area (Å²) in [5, 5.41) is 0. The highest BCUT2D eigenvalue weighted by Gasteiger charge is 2.18. The molecule has 0 radical (unpaired) electrons. The third kappa shape index (κ3) is 3.51. The van der Waals surface area contributed by atoms with E-state index in [0.29, 0.717) is 17.9 Å². The first-order chi connectivity index (χ1) is 9.99. The van der Waals surface area contributed by atoms with Gasteiger partial charge in [-0.1, -0.05) is 12.1 Å². The Morgan fingerprint density at radius 2 is 1.90 bits per heavy atom. The second-order valence-electron chi connectivity index (χ2n) is 5.20. The molecule has 0 saturated carbocycles. The molecule has 2 aromatic rings. The number of primary amides is 1. The maximum Gasteiger partial charge on any atom is 0.252 e. The van der Waals surface area contributed by atoms with E-state index in [1.165, 1.54) is 0 Å². The summed E-state index contributed by atoms with van der Waals surface area (Å²) in [6, 6.07) is 11.3. The van der Waals surface area contributed by atoms with Gasteiger partial charge in [0.2, 0.25) is 0 Å². The topological polar surface area (TPSA) is 85.2 Å². The molecule has 1 heterocycles. The van der Waals surface area contributed by atoms with Crippen LogP contribution >= 0.6 is 0 Å². The number of rotatable bonds is 5. The lowest BCUT2D eigenvalue weighted by Gasteiger charge is -2.29. The van der Waals surface area contributed by atoms with Gasteiger partial charge >= 0.3 is 0 Å². The molecule has 0 atom stereocenters. The molecule has 2 rings (SSSR count). The summed E-state index contributed by atoms with van der Waals surface area (Å²) in [5.41, 5.74) is 13.4. The van der Waals surface area contributed by atoms with Gasteiger partial charge in [-0.05, 0) is 43.7 Å². The first-order valence-electron chi connectivity index (χ1n) is 6.85. The minimum absolute atomic E-state index is 0.176. The van der Waals surface area contributed by atoms with Gasteiger partial charge in [-0.2, -0.15) is 0 Å². The van der Waals surface area contributed by atoms with Crippen LogP contribution in [0.4, 0.5) is 11.5 Å². The lowest BCUT2D eigenvalue weighted by Crippen LogP contribution is -2.33. The maximum absolute atomic E-state index is 11.6. The quantitative estimate of drug-likeness (QED) is 0.824. The highest BCUT2D eigenvalue weighted by Crippen LogP contribution is 2.22. The molecule has 4 N–H and O–H groups in total. The average molecular weight is 284 g/mol. The largest absolute Gasteiger partial charge is 0.399 e. The molecule has 5 nitrogen and oxygen atoms in total. The number of aromatic nitrogens is 1. The fourth-order valence-corrected chi connectivity index (χ4v) is 2.14. The Kier molecular flexibility index (Phi) is 4.42. The van der Waals surface area contributed by atoms with Crippen LogP contribution in [0.5, 0.6) is 0 Å². The Morgan fingerprint density at radius 1 is 1.24 bits per heavy atom. The van der Waals surface area contributed by atoms with E-state index in [1.54, 1.807) is 18.3 Å². The van der Waals surface area contributed by atoms with E-state index in [-0.39, 0.29) is 6.04 Å². The molecule has 0 saturated heterocycles. The molecule has 0 unspecified atom stereocenters. The lowest BCUT2D eigenvalue weighted by molar-refractivity contribution is 0.100. The second kappa shape index (κ2) is 6.26. The molecule has 0 aliphatic carbocycles. The number of anilines is 2. The van der Waals surface area contributed by atoms with Crippen molar-refractivity contribution in [3.63, 3.8) is 0 Å². The number of amides is 1. The molecule has 5 heteroatoms. The number of nitrogens with zero attached hydrogens (tertiary/aromatic N) is 2. The molecular formula is C16H20N4O. The maximum atomic E-state index is 11.6. The normalized spacial score (nSPS) is 10.6. The fraction of sp³-hybridized carbons (Fsp3) is 0.250. The van der Waals surface area contributed by atoms with Crippen LogP contribution in [-0.2, 0) is 6.54 Å². The van der Waals surface area contributed by atoms with E-state index in [9.17, 15) is 4.79 Å². The van der Waals surface area contributed by atoms with Crippen molar-refractivity contribution in [1.82, 2.24) is 4.98 Å². The molecule has 1 aromatic carbocycles. The molecule has 110 valence electrons. The van der Waals surface area contributed by atoms with Crippen molar-refractivity contribution in [2.75, 3.05) is 10.6 Å². The van der Waals surface area contributed by atoms with Crippen molar-refractivity contribution in [3.8, 4) is 0 Å². The number of hydrogen-bond acceptors (Lipinski definition) is 4. The Bertz CT molecular complexity index is 622. The Balaban J connectivity index is 2.36. The van der Waals surface area contributed by atoms with E-state index in [0.717, 1.165) is 11.3 Å². The van der Waals surface area contributed by atoms with Crippen LogP contribution in [-0.4, -0.2) is 16.9 Å². The zero-order chi connectivity index (χ0) is 15.4. The summed E-state index contributed by atoms with van der Waals surface area (Å²) >= 11 is 0. The minimum atomic E-state index is -0.471. The van der Waals surface area contributed by atoms with Crippen LogP contribution in [0.3, 0.4) is 0 Å². The van der Waals surface area contributed by atoms with Crippen molar-refractivity contribution >= 4 is 17.4 Å². The minimum Gasteiger partial charge on any atom is -0.399 e. The number of carbonyl (C=O) groups is 1. The summed E-state index contributed by atoms with van der Waals surface area (Å²) < 4.78 is 0. The molecule has 0 aliphatic rings. The monoisotopic (exact) mass is 284 g/mol. The van der Waals surface area contributed by atoms with Gasteiger partial charge in [-0.25, -0.2) is 4.98 Å². The Hall–Kier alpha value is -2.56. The molecule has 1 aromatic heterocycles. The molecule has 0 aliphatic heterocycles. The van der Waals surface area contributed by atoms with Crippen molar-refractivity contribution < 1.29 is 4.79 Å². The molecule has 0 fully saturated rings. The third-order valence-corrected chi connectivity index (χ3v) is 3.28. The van der Waals surface area contributed by atoms with Crippen LogP contribution in [0.2, 0.25) is 0 Å². The SMILES string of the molecule is CC(C)N(Cc1ccc(N)cc1)c1ncccc1C(N)=O. The van der Waals surface area contributed by atoms with Crippen LogP contribution in [0.25, 0.3) is 0 Å². The molecule has 21 heavy (non-hydrogen) atoms. The Labute approximate surface area is 124 Å². The van der Waals surface area contributed by atoms with E-state index in [2.05, 4.69) is 18.8 Å². The summed E-state index contributed by atoms with van der Waals surface area (Å²) in [6.45, 7) is 4.74. The molecular weight excluding hydrogens is 264 g/mol. The summed E-state index contributed by atoms with van der Waals surface area (Å²) in [4.78, 5) is 18.0. The number of pyridine rings is 1. The van der Waals surface area contributed by atoms with Gasteiger partial charge in [0.25, 0.3) is 5.91 Å². The van der Waals surface area contributed by atoms with Gasteiger partial charge in [0.15, 0.2) is 0 Å². The van der Waals surface area contributed by atoms with Crippen molar-refractivity contribution in [2.45, 2.75) is 26.4 Å². The molecule has 0 bridgehead atoms. The number of carbonyl (C=O) groups excluding carboxylic acids is 1. The lowest BCUT2D eigenvalue weighted by atomic mass is 10.1. The van der Waals surface area contributed by atoms with E-state index < -0.39 is 5.91 Å².